The summed E-state index contributed by atoms with van der Waals surface area (Å²) in [5.41, 5.74) is 1.05. The minimum absolute atomic E-state index is 0.260. The van der Waals surface area contributed by atoms with E-state index in [4.69, 9.17) is 4.52 Å². The Hall–Kier alpha value is -2.87. The summed E-state index contributed by atoms with van der Waals surface area (Å²) in [4.78, 5) is 27.7. The van der Waals surface area contributed by atoms with Gasteiger partial charge in [0.2, 0.25) is 0 Å². The fourth-order valence-electron chi connectivity index (χ4n) is 2.70. The number of hydrogen-bond donors (Lipinski definition) is 2. The molecule has 8 heteroatoms. The molecule has 2 N–H and O–H groups in total. The molecular weight excluding hydrogens is 340 g/mol. The molecule has 3 rings (SSSR count). The van der Waals surface area contributed by atoms with E-state index < -0.39 is 6.04 Å². The highest BCUT2D eigenvalue weighted by atomic mass is 32.1. The molecule has 3 heterocycles. The van der Waals surface area contributed by atoms with Crippen LogP contribution in [0.25, 0.3) is 0 Å². The van der Waals surface area contributed by atoms with E-state index in [0.29, 0.717) is 29.4 Å². The van der Waals surface area contributed by atoms with Crippen molar-refractivity contribution in [2.45, 2.75) is 19.9 Å². The summed E-state index contributed by atoms with van der Waals surface area (Å²) in [6, 6.07) is 4.64. The molecule has 1 atom stereocenters. The molecule has 2 aromatic rings. The number of anilines is 1. The topological polar surface area (TPSA) is 87.5 Å². The third kappa shape index (κ3) is 3.34. The summed E-state index contributed by atoms with van der Waals surface area (Å²) in [5.74, 6) is 0.596. The predicted molar refractivity (Wildman–Crippen MR) is 95.1 cm³/mol. The van der Waals surface area contributed by atoms with Gasteiger partial charge in [0.25, 0.3) is 5.91 Å². The first-order valence-corrected chi connectivity index (χ1v) is 8.57. The normalized spacial score (nSPS) is 17.4. The van der Waals surface area contributed by atoms with Gasteiger partial charge in [0, 0.05) is 23.2 Å². The Morgan fingerprint density at radius 1 is 1.56 bits per heavy atom. The number of aryl methyl sites for hydroxylation is 1. The van der Waals surface area contributed by atoms with Crippen LogP contribution in [-0.4, -0.2) is 28.5 Å². The van der Waals surface area contributed by atoms with Gasteiger partial charge in [0.15, 0.2) is 5.82 Å². The molecule has 0 saturated heterocycles. The van der Waals surface area contributed by atoms with Crippen molar-refractivity contribution in [2.75, 3.05) is 11.9 Å². The molecule has 0 fully saturated rings. The number of aromatic nitrogens is 1. The second-order valence-corrected chi connectivity index (χ2v) is 6.55. The Bertz CT molecular complexity index is 838. The summed E-state index contributed by atoms with van der Waals surface area (Å²) in [6.07, 6.45) is 1.62. The number of nitrogens with one attached hydrogen (secondary N) is 2. The molecule has 0 aliphatic carbocycles. The molecule has 1 unspecified atom stereocenters. The zero-order valence-corrected chi connectivity index (χ0v) is 14.7. The van der Waals surface area contributed by atoms with E-state index in [2.05, 4.69) is 22.4 Å². The highest BCUT2D eigenvalue weighted by Crippen LogP contribution is 2.33. The van der Waals surface area contributed by atoms with Gasteiger partial charge in [0.1, 0.15) is 5.76 Å². The minimum atomic E-state index is -0.512. The summed E-state index contributed by atoms with van der Waals surface area (Å²) in [5, 5.41) is 11.3. The maximum absolute atomic E-state index is 12.9. The van der Waals surface area contributed by atoms with Gasteiger partial charge >= 0.3 is 6.03 Å². The standard InChI is InChI=1S/C17H18N4O3S/c1-4-7-21-11(3)14(16(22)18-13-9-10(2)24-20-13)15(19-17(21)23)12-6-5-8-25-12/h4-6,8-9,15H,1,7H2,2-3H3,(H,19,23)(H,18,20,22). The molecule has 0 spiro atoms. The monoisotopic (exact) mass is 358 g/mol. The molecule has 1 aliphatic rings. The number of urea groups is 1. The van der Waals surface area contributed by atoms with E-state index in [0.717, 1.165) is 4.88 Å². The molecule has 0 bridgehead atoms. The fraction of sp³-hybridized carbons (Fsp3) is 0.235. The predicted octanol–water partition coefficient (Wildman–Crippen LogP) is 3.21. The third-order valence-corrected chi connectivity index (χ3v) is 4.79. The van der Waals surface area contributed by atoms with Gasteiger partial charge in [-0.05, 0) is 25.3 Å². The van der Waals surface area contributed by atoms with Crippen molar-refractivity contribution in [3.63, 3.8) is 0 Å². The first-order valence-electron chi connectivity index (χ1n) is 7.69. The Balaban J connectivity index is 1.99. The van der Waals surface area contributed by atoms with Crippen LogP contribution in [0.1, 0.15) is 23.6 Å². The van der Waals surface area contributed by atoms with Crippen LogP contribution in [0.2, 0.25) is 0 Å². The SMILES string of the molecule is C=CCN1C(=O)NC(c2cccs2)C(C(=O)Nc2cc(C)on2)=C1C. The molecular formula is C17H18N4O3S. The van der Waals surface area contributed by atoms with Gasteiger partial charge in [-0.25, -0.2) is 4.79 Å². The van der Waals surface area contributed by atoms with Crippen molar-refractivity contribution in [3.05, 3.63) is 58.1 Å². The minimum Gasteiger partial charge on any atom is -0.360 e. The lowest BCUT2D eigenvalue weighted by atomic mass is 9.99. The first kappa shape index (κ1) is 17.0. The van der Waals surface area contributed by atoms with Crippen LogP contribution < -0.4 is 10.6 Å². The molecule has 0 saturated carbocycles. The summed E-state index contributed by atoms with van der Waals surface area (Å²) >= 11 is 1.48. The van der Waals surface area contributed by atoms with Crippen molar-refractivity contribution in [2.24, 2.45) is 0 Å². The molecule has 0 aromatic carbocycles. The molecule has 2 aromatic heterocycles. The van der Waals surface area contributed by atoms with Crippen LogP contribution in [0.3, 0.4) is 0 Å². The van der Waals surface area contributed by atoms with E-state index in [1.165, 1.54) is 16.2 Å². The number of carbonyl (C=O) groups excluding carboxylic acids is 2. The van der Waals surface area contributed by atoms with Crippen LogP contribution in [0.5, 0.6) is 0 Å². The van der Waals surface area contributed by atoms with E-state index in [-0.39, 0.29) is 11.9 Å². The zero-order chi connectivity index (χ0) is 18.0. The average Bonchev–Trinajstić information content (AvgIpc) is 3.22. The lowest BCUT2D eigenvalue weighted by molar-refractivity contribution is -0.113. The molecule has 3 amide bonds. The third-order valence-electron chi connectivity index (χ3n) is 3.85. The Kier molecular flexibility index (Phi) is 4.71. The molecule has 1 aliphatic heterocycles. The lowest BCUT2D eigenvalue weighted by Crippen LogP contribution is -2.48. The van der Waals surface area contributed by atoms with Crippen molar-refractivity contribution in [1.82, 2.24) is 15.4 Å². The van der Waals surface area contributed by atoms with Gasteiger partial charge in [-0.1, -0.05) is 17.3 Å². The van der Waals surface area contributed by atoms with Crippen molar-refractivity contribution in [1.29, 1.82) is 0 Å². The molecule has 130 valence electrons. The number of nitrogens with zero attached hydrogens (tertiary/aromatic N) is 2. The first-order chi connectivity index (χ1) is 12.0. The average molecular weight is 358 g/mol. The van der Waals surface area contributed by atoms with E-state index in [1.807, 2.05) is 17.5 Å². The van der Waals surface area contributed by atoms with Crippen LogP contribution >= 0.6 is 11.3 Å². The van der Waals surface area contributed by atoms with Crippen LogP contribution in [0, 0.1) is 6.92 Å². The van der Waals surface area contributed by atoms with E-state index >= 15 is 0 Å². The van der Waals surface area contributed by atoms with Gasteiger partial charge in [-0.2, -0.15) is 0 Å². The lowest BCUT2D eigenvalue weighted by Gasteiger charge is -2.34. The van der Waals surface area contributed by atoms with Gasteiger partial charge in [-0.15, -0.1) is 17.9 Å². The second-order valence-electron chi connectivity index (χ2n) is 5.57. The number of rotatable bonds is 5. The van der Waals surface area contributed by atoms with E-state index in [9.17, 15) is 9.59 Å². The smallest absolute Gasteiger partial charge is 0.322 e. The summed E-state index contributed by atoms with van der Waals surface area (Å²) in [6.45, 7) is 7.48. The Labute approximate surface area is 149 Å². The van der Waals surface area contributed by atoms with Gasteiger partial charge in [0.05, 0.1) is 11.6 Å². The highest BCUT2D eigenvalue weighted by Gasteiger charge is 2.35. The van der Waals surface area contributed by atoms with Gasteiger partial charge < -0.3 is 15.2 Å². The molecule has 7 nitrogen and oxygen atoms in total. The zero-order valence-electron chi connectivity index (χ0n) is 13.9. The van der Waals surface area contributed by atoms with E-state index in [1.54, 1.807) is 26.0 Å². The number of amides is 3. The second kappa shape index (κ2) is 6.94. The number of carbonyl (C=O) groups is 2. The fourth-order valence-corrected chi connectivity index (χ4v) is 3.49. The molecule has 25 heavy (non-hydrogen) atoms. The largest absolute Gasteiger partial charge is 0.360 e. The maximum Gasteiger partial charge on any atom is 0.322 e. The maximum atomic E-state index is 12.9. The highest BCUT2D eigenvalue weighted by molar-refractivity contribution is 7.10. The Morgan fingerprint density at radius 2 is 2.36 bits per heavy atom. The summed E-state index contributed by atoms with van der Waals surface area (Å²) < 4.78 is 4.98. The summed E-state index contributed by atoms with van der Waals surface area (Å²) in [7, 11) is 0. The van der Waals surface area contributed by atoms with Crippen LogP contribution in [0.15, 0.2) is 52.0 Å². The van der Waals surface area contributed by atoms with Crippen LogP contribution in [-0.2, 0) is 4.79 Å². The molecule has 0 radical (unpaired) electrons. The van der Waals surface area contributed by atoms with Gasteiger partial charge in [-0.3, -0.25) is 9.69 Å². The number of thiophene rings is 1. The van der Waals surface area contributed by atoms with Crippen molar-refractivity contribution < 1.29 is 14.1 Å². The van der Waals surface area contributed by atoms with Crippen molar-refractivity contribution in [3.8, 4) is 0 Å². The number of allylic oxidation sites excluding steroid dienone is 1. The quantitative estimate of drug-likeness (QED) is 0.804. The van der Waals surface area contributed by atoms with Crippen molar-refractivity contribution >= 4 is 29.1 Å². The van der Waals surface area contributed by atoms with Crippen LogP contribution in [0.4, 0.5) is 10.6 Å². The Morgan fingerprint density at radius 3 is 2.96 bits per heavy atom. The number of hydrogen-bond acceptors (Lipinski definition) is 5.